The van der Waals surface area contributed by atoms with Crippen LogP contribution in [-0.4, -0.2) is 23.7 Å². The minimum Gasteiger partial charge on any atom is -0.388 e. The Labute approximate surface area is 92.8 Å². The quantitative estimate of drug-likeness (QED) is 0.449. The van der Waals surface area contributed by atoms with Crippen LogP contribution in [0.4, 0.5) is 0 Å². The number of esters is 2. The minimum absolute atomic E-state index is 0.140. The summed E-state index contributed by atoms with van der Waals surface area (Å²) >= 11 is 3.83. The highest BCUT2D eigenvalue weighted by Gasteiger charge is 2.18. The number of hydrogen-bond acceptors (Lipinski definition) is 5. The first-order chi connectivity index (χ1) is 7.15. The molecule has 1 atom stereocenters. The van der Waals surface area contributed by atoms with E-state index in [0.29, 0.717) is 5.56 Å². The molecule has 0 aromatic heterocycles. The summed E-state index contributed by atoms with van der Waals surface area (Å²) in [7, 11) is 0. The molecule has 2 N–H and O–H groups in total. The highest BCUT2D eigenvalue weighted by molar-refractivity contribution is 7.80. The summed E-state index contributed by atoms with van der Waals surface area (Å²) < 4.78 is 4.54. The van der Waals surface area contributed by atoms with Crippen molar-refractivity contribution in [3.8, 4) is 0 Å². The van der Waals surface area contributed by atoms with E-state index in [9.17, 15) is 9.59 Å². The van der Waals surface area contributed by atoms with Crippen molar-refractivity contribution >= 4 is 24.6 Å². The van der Waals surface area contributed by atoms with Crippen LogP contribution in [0.3, 0.4) is 0 Å². The van der Waals surface area contributed by atoms with Crippen molar-refractivity contribution in [2.75, 3.05) is 5.75 Å². The lowest BCUT2D eigenvalue weighted by Crippen LogP contribution is -2.35. The fourth-order valence-corrected chi connectivity index (χ4v) is 1.02. The highest BCUT2D eigenvalue weighted by Crippen LogP contribution is 2.02. The number of carbonyl (C=O) groups is 2. The Kier molecular flexibility index (Phi) is 4.33. The van der Waals surface area contributed by atoms with Crippen LogP contribution in [0.5, 0.6) is 0 Å². The Hall–Kier alpha value is -1.33. The second-order valence-electron chi connectivity index (χ2n) is 2.86. The molecule has 1 aromatic carbocycles. The topological polar surface area (TPSA) is 69.4 Å². The zero-order valence-electron chi connectivity index (χ0n) is 7.92. The van der Waals surface area contributed by atoms with Crippen molar-refractivity contribution in [2.24, 2.45) is 5.73 Å². The van der Waals surface area contributed by atoms with Crippen LogP contribution in [-0.2, 0) is 9.53 Å². The van der Waals surface area contributed by atoms with Crippen molar-refractivity contribution in [2.45, 2.75) is 6.04 Å². The molecule has 0 heterocycles. The Bertz CT molecular complexity index is 353. The smallest absolute Gasteiger partial charge is 0.345 e. The third-order valence-corrected chi connectivity index (χ3v) is 2.10. The van der Waals surface area contributed by atoms with Gasteiger partial charge in [-0.25, -0.2) is 9.59 Å². The van der Waals surface area contributed by atoms with Crippen LogP contribution in [0, 0.1) is 0 Å². The molecule has 1 aromatic rings. The van der Waals surface area contributed by atoms with Gasteiger partial charge in [-0.2, -0.15) is 12.6 Å². The molecule has 0 spiro atoms. The first-order valence-electron chi connectivity index (χ1n) is 4.32. The first-order valence-corrected chi connectivity index (χ1v) is 4.96. The van der Waals surface area contributed by atoms with Gasteiger partial charge in [0.15, 0.2) is 0 Å². The van der Waals surface area contributed by atoms with Gasteiger partial charge in [-0.15, -0.1) is 0 Å². The van der Waals surface area contributed by atoms with Crippen LogP contribution in [0.2, 0.25) is 0 Å². The van der Waals surface area contributed by atoms with Gasteiger partial charge in [0.2, 0.25) is 0 Å². The second kappa shape index (κ2) is 5.53. The summed E-state index contributed by atoms with van der Waals surface area (Å²) in [5, 5.41) is 0. The zero-order valence-corrected chi connectivity index (χ0v) is 8.81. The van der Waals surface area contributed by atoms with E-state index in [2.05, 4.69) is 17.4 Å². The Morgan fingerprint density at radius 3 is 2.47 bits per heavy atom. The molecular weight excluding hydrogens is 214 g/mol. The van der Waals surface area contributed by atoms with E-state index < -0.39 is 18.0 Å². The average molecular weight is 225 g/mol. The second-order valence-corrected chi connectivity index (χ2v) is 3.23. The summed E-state index contributed by atoms with van der Waals surface area (Å²) in [6, 6.07) is 7.36. The van der Waals surface area contributed by atoms with Crippen LogP contribution < -0.4 is 5.73 Å². The SMILES string of the molecule is N[C@@H](CS)C(=O)OC(=O)c1ccccc1. The van der Waals surface area contributed by atoms with Crippen LogP contribution in [0.25, 0.3) is 0 Å². The molecule has 0 bridgehead atoms. The predicted molar refractivity (Wildman–Crippen MR) is 58.7 cm³/mol. The van der Waals surface area contributed by atoms with Gasteiger partial charge in [-0.05, 0) is 12.1 Å². The molecule has 0 saturated carbocycles. The molecule has 0 fully saturated rings. The maximum Gasteiger partial charge on any atom is 0.345 e. The number of thiol groups is 1. The zero-order chi connectivity index (χ0) is 11.3. The standard InChI is InChI=1S/C10H11NO3S/c11-8(6-15)10(13)14-9(12)7-4-2-1-3-5-7/h1-5,8,15H,6,11H2/t8-/m0/s1. The molecule has 15 heavy (non-hydrogen) atoms. The maximum atomic E-state index is 11.4. The van der Waals surface area contributed by atoms with E-state index in [0.717, 1.165) is 0 Å². The number of rotatable bonds is 3. The van der Waals surface area contributed by atoms with Gasteiger partial charge in [0.1, 0.15) is 6.04 Å². The van der Waals surface area contributed by atoms with Gasteiger partial charge >= 0.3 is 11.9 Å². The summed E-state index contributed by atoms with van der Waals surface area (Å²) in [5.41, 5.74) is 5.66. The van der Waals surface area contributed by atoms with Crippen molar-refractivity contribution in [3.63, 3.8) is 0 Å². The molecule has 0 radical (unpaired) electrons. The van der Waals surface area contributed by atoms with Crippen molar-refractivity contribution in [1.82, 2.24) is 0 Å². The number of nitrogens with two attached hydrogens (primary N) is 1. The molecule has 1 rings (SSSR count). The van der Waals surface area contributed by atoms with Crippen LogP contribution in [0.15, 0.2) is 30.3 Å². The number of benzene rings is 1. The summed E-state index contributed by atoms with van der Waals surface area (Å²) in [6.45, 7) is 0. The van der Waals surface area contributed by atoms with Crippen molar-refractivity contribution < 1.29 is 14.3 Å². The Morgan fingerprint density at radius 1 is 1.33 bits per heavy atom. The first kappa shape index (κ1) is 11.7. The lowest BCUT2D eigenvalue weighted by molar-refractivity contribution is -0.138. The largest absolute Gasteiger partial charge is 0.388 e. The number of carbonyl (C=O) groups excluding carboxylic acids is 2. The Morgan fingerprint density at radius 2 is 1.93 bits per heavy atom. The molecule has 0 aliphatic carbocycles. The third-order valence-electron chi connectivity index (χ3n) is 1.70. The van der Waals surface area contributed by atoms with E-state index in [-0.39, 0.29) is 5.75 Å². The molecule has 0 aliphatic heterocycles. The summed E-state index contributed by atoms with van der Waals surface area (Å²) in [6.07, 6.45) is 0. The van der Waals surface area contributed by atoms with E-state index >= 15 is 0 Å². The maximum absolute atomic E-state index is 11.4. The van der Waals surface area contributed by atoms with Crippen LogP contribution in [0.1, 0.15) is 10.4 Å². The highest BCUT2D eigenvalue weighted by atomic mass is 32.1. The third kappa shape index (κ3) is 3.38. The van der Waals surface area contributed by atoms with E-state index in [1.165, 1.54) is 0 Å². The molecule has 80 valence electrons. The molecule has 0 unspecified atom stereocenters. The van der Waals surface area contributed by atoms with Crippen LogP contribution >= 0.6 is 12.6 Å². The van der Waals surface area contributed by atoms with E-state index in [1.807, 2.05) is 0 Å². The molecule has 0 amide bonds. The van der Waals surface area contributed by atoms with Crippen molar-refractivity contribution in [1.29, 1.82) is 0 Å². The fourth-order valence-electron chi connectivity index (χ4n) is 0.875. The fraction of sp³-hybridized carbons (Fsp3) is 0.200. The van der Waals surface area contributed by atoms with E-state index in [1.54, 1.807) is 30.3 Å². The molecular formula is C10H11NO3S. The van der Waals surface area contributed by atoms with Gasteiger partial charge in [-0.3, -0.25) is 0 Å². The summed E-state index contributed by atoms with van der Waals surface area (Å²) in [5.74, 6) is -1.32. The van der Waals surface area contributed by atoms with Gasteiger partial charge in [0.05, 0.1) is 5.56 Å². The van der Waals surface area contributed by atoms with Gasteiger partial charge in [0, 0.05) is 5.75 Å². The monoisotopic (exact) mass is 225 g/mol. The number of hydrogen-bond donors (Lipinski definition) is 2. The molecule has 4 nitrogen and oxygen atoms in total. The van der Waals surface area contributed by atoms with Gasteiger partial charge in [-0.1, -0.05) is 18.2 Å². The normalized spacial score (nSPS) is 11.9. The molecule has 5 heteroatoms. The lowest BCUT2D eigenvalue weighted by atomic mass is 10.2. The number of ether oxygens (including phenoxy) is 1. The average Bonchev–Trinajstić information content (AvgIpc) is 2.29. The predicted octanol–water partition coefficient (Wildman–Crippen LogP) is 0.627. The summed E-state index contributed by atoms with van der Waals surface area (Å²) in [4.78, 5) is 22.5. The Balaban J connectivity index is 2.61. The van der Waals surface area contributed by atoms with Gasteiger partial charge < -0.3 is 10.5 Å². The van der Waals surface area contributed by atoms with Gasteiger partial charge in [0.25, 0.3) is 0 Å². The lowest BCUT2D eigenvalue weighted by Gasteiger charge is -2.06. The van der Waals surface area contributed by atoms with E-state index in [4.69, 9.17) is 5.73 Å². The minimum atomic E-state index is -0.874. The van der Waals surface area contributed by atoms with Crippen molar-refractivity contribution in [3.05, 3.63) is 35.9 Å². The molecule has 0 saturated heterocycles. The molecule has 0 aliphatic rings.